The second-order valence-corrected chi connectivity index (χ2v) is 3.12. The molecule has 1 unspecified atom stereocenters. The van der Waals surface area contributed by atoms with E-state index in [1.54, 1.807) is 7.05 Å². The second-order valence-electron chi connectivity index (χ2n) is 3.12. The van der Waals surface area contributed by atoms with E-state index in [1.807, 2.05) is 0 Å². The van der Waals surface area contributed by atoms with E-state index in [2.05, 4.69) is 5.32 Å². The first-order valence-electron chi connectivity index (χ1n) is 4.64. The predicted molar refractivity (Wildman–Crippen MR) is 52.8 cm³/mol. The highest BCUT2D eigenvalue weighted by molar-refractivity contribution is 5.78. The lowest BCUT2D eigenvalue weighted by Crippen LogP contribution is -2.34. The van der Waals surface area contributed by atoms with Crippen LogP contribution in [-0.2, 0) is 14.3 Å². The van der Waals surface area contributed by atoms with Crippen molar-refractivity contribution in [2.24, 2.45) is 5.73 Å². The molecule has 0 aromatic heterocycles. The number of ether oxygens (including phenoxy) is 1. The maximum absolute atomic E-state index is 11.1. The molecule has 0 amide bonds. The minimum absolute atomic E-state index is 0.0310. The molecule has 0 saturated carbocycles. The average molecular weight is 202 g/mol. The van der Waals surface area contributed by atoms with Crippen molar-refractivity contribution >= 4 is 11.8 Å². The van der Waals surface area contributed by atoms with Crippen molar-refractivity contribution in [3.05, 3.63) is 0 Å². The molecule has 0 aliphatic heterocycles. The highest BCUT2D eigenvalue weighted by Crippen LogP contribution is 1.97. The Bertz CT molecular complexity index is 194. The van der Waals surface area contributed by atoms with Gasteiger partial charge in [-0.05, 0) is 20.4 Å². The first kappa shape index (κ1) is 13.1. The van der Waals surface area contributed by atoms with Crippen molar-refractivity contribution in [1.82, 2.24) is 5.32 Å². The molecule has 0 aliphatic carbocycles. The van der Waals surface area contributed by atoms with E-state index >= 15 is 0 Å². The first-order valence-corrected chi connectivity index (χ1v) is 4.64. The van der Waals surface area contributed by atoms with Crippen LogP contribution < -0.4 is 11.1 Å². The van der Waals surface area contributed by atoms with E-state index in [1.165, 1.54) is 6.92 Å². The van der Waals surface area contributed by atoms with Crippen LogP contribution in [0.15, 0.2) is 0 Å². The summed E-state index contributed by atoms with van der Waals surface area (Å²) in [4.78, 5) is 21.8. The van der Waals surface area contributed by atoms with E-state index in [9.17, 15) is 9.59 Å². The minimum atomic E-state index is -0.684. The number of likely N-dealkylation sites (N-methyl/N-ethyl adjacent to an activating group) is 1. The van der Waals surface area contributed by atoms with Gasteiger partial charge < -0.3 is 20.6 Å². The van der Waals surface area contributed by atoms with Gasteiger partial charge in [0.25, 0.3) is 0 Å². The molecule has 3 N–H and O–H groups in total. The number of carbonyl (C=O) groups is 2. The fourth-order valence-electron chi connectivity index (χ4n) is 0.837. The van der Waals surface area contributed by atoms with Gasteiger partial charge in [-0.3, -0.25) is 4.79 Å². The van der Waals surface area contributed by atoms with Crippen molar-refractivity contribution in [3.8, 4) is 0 Å². The van der Waals surface area contributed by atoms with Gasteiger partial charge in [-0.2, -0.15) is 0 Å². The van der Waals surface area contributed by atoms with Crippen molar-refractivity contribution in [2.45, 2.75) is 25.8 Å². The van der Waals surface area contributed by atoms with E-state index in [0.29, 0.717) is 26.0 Å². The molecule has 0 saturated heterocycles. The Morgan fingerprint density at radius 3 is 2.64 bits per heavy atom. The van der Waals surface area contributed by atoms with Gasteiger partial charge in [-0.15, -0.1) is 0 Å². The van der Waals surface area contributed by atoms with Crippen molar-refractivity contribution < 1.29 is 14.3 Å². The molecule has 0 rings (SSSR count). The van der Waals surface area contributed by atoms with Crippen LogP contribution in [0.5, 0.6) is 0 Å². The number of nitrogens with one attached hydrogen (secondary N) is 1. The van der Waals surface area contributed by atoms with Crippen LogP contribution in [0.3, 0.4) is 0 Å². The van der Waals surface area contributed by atoms with Gasteiger partial charge >= 0.3 is 5.97 Å². The Labute approximate surface area is 84.0 Å². The van der Waals surface area contributed by atoms with Crippen LogP contribution in [0.2, 0.25) is 0 Å². The molecule has 14 heavy (non-hydrogen) atoms. The Morgan fingerprint density at radius 1 is 1.50 bits per heavy atom. The zero-order valence-corrected chi connectivity index (χ0v) is 8.71. The third-order valence-electron chi connectivity index (χ3n) is 1.71. The molecule has 0 spiro atoms. The van der Waals surface area contributed by atoms with E-state index in [0.717, 1.165) is 0 Å². The highest BCUT2D eigenvalue weighted by atomic mass is 16.5. The summed E-state index contributed by atoms with van der Waals surface area (Å²) in [5.41, 5.74) is 5.50. The van der Waals surface area contributed by atoms with Crippen LogP contribution in [0.25, 0.3) is 0 Å². The third-order valence-corrected chi connectivity index (χ3v) is 1.71. The van der Waals surface area contributed by atoms with Crippen molar-refractivity contribution in [2.75, 3.05) is 20.2 Å². The molecule has 82 valence electrons. The zero-order valence-electron chi connectivity index (χ0n) is 8.71. The molecule has 0 aliphatic rings. The van der Waals surface area contributed by atoms with Gasteiger partial charge in [0.2, 0.25) is 0 Å². The molecule has 0 radical (unpaired) electrons. The summed E-state index contributed by atoms with van der Waals surface area (Å²) in [6.07, 6.45) is 0.677. The SMILES string of the molecule is CNCCOC(=O)C(N)CCC(C)=O. The molecule has 0 aromatic rings. The summed E-state index contributed by atoms with van der Waals surface area (Å²) in [7, 11) is 1.77. The van der Waals surface area contributed by atoms with E-state index < -0.39 is 12.0 Å². The standard InChI is InChI=1S/C9H18N2O3/c1-7(12)3-4-8(10)9(13)14-6-5-11-2/h8,11H,3-6,10H2,1-2H3. The van der Waals surface area contributed by atoms with Gasteiger partial charge in [0, 0.05) is 13.0 Å². The number of carbonyl (C=O) groups excluding carboxylic acids is 2. The Balaban J connectivity index is 3.59. The zero-order chi connectivity index (χ0) is 11.0. The number of rotatable bonds is 7. The fraction of sp³-hybridized carbons (Fsp3) is 0.778. The lowest BCUT2D eigenvalue weighted by molar-refractivity contribution is -0.145. The maximum Gasteiger partial charge on any atom is 0.322 e. The van der Waals surface area contributed by atoms with Crippen molar-refractivity contribution in [3.63, 3.8) is 0 Å². The first-order chi connectivity index (χ1) is 6.57. The molecule has 0 aromatic carbocycles. The molecule has 0 fully saturated rings. The summed E-state index contributed by atoms with van der Waals surface area (Å²) in [6.45, 7) is 2.38. The van der Waals surface area contributed by atoms with Gasteiger partial charge in [-0.25, -0.2) is 0 Å². The number of nitrogens with two attached hydrogens (primary N) is 1. The number of ketones is 1. The predicted octanol–water partition coefficient (Wildman–Crippen LogP) is -0.554. The quantitative estimate of drug-likeness (QED) is 0.427. The number of esters is 1. The molecule has 5 nitrogen and oxygen atoms in total. The molecular formula is C9H18N2O3. The Hall–Kier alpha value is -0.940. The molecule has 5 heteroatoms. The summed E-state index contributed by atoms with van der Waals surface area (Å²) in [5, 5.41) is 2.84. The fourth-order valence-corrected chi connectivity index (χ4v) is 0.837. The number of hydrogen-bond donors (Lipinski definition) is 2. The average Bonchev–Trinajstić information content (AvgIpc) is 2.14. The summed E-state index contributed by atoms with van der Waals surface area (Å²) < 4.78 is 4.84. The van der Waals surface area contributed by atoms with E-state index in [4.69, 9.17) is 10.5 Å². The molecule has 0 bridgehead atoms. The molecule has 0 heterocycles. The Kier molecular flexibility index (Phi) is 6.96. The molecular weight excluding hydrogens is 184 g/mol. The Morgan fingerprint density at radius 2 is 2.14 bits per heavy atom. The van der Waals surface area contributed by atoms with Gasteiger partial charge in [-0.1, -0.05) is 0 Å². The van der Waals surface area contributed by atoms with Crippen LogP contribution in [0.1, 0.15) is 19.8 Å². The van der Waals surface area contributed by atoms with Gasteiger partial charge in [0.05, 0.1) is 0 Å². The maximum atomic E-state index is 11.1. The minimum Gasteiger partial charge on any atom is -0.463 e. The van der Waals surface area contributed by atoms with Gasteiger partial charge in [0.15, 0.2) is 0 Å². The van der Waals surface area contributed by atoms with Crippen LogP contribution in [-0.4, -0.2) is 38.0 Å². The summed E-state index contributed by atoms with van der Waals surface area (Å²) in [6, 6.07) is -0.684. The lowest BCUT2D eigenvalue weighted by atomic mass is 10.1. The van der Waals surface area contributed by atoms with Crippen LogP contribution in [0, 0.1) is 0 Å². The number of Topliss-reactive ketones (excluding diaryl/α,β-unsaturated/α-hetero) is 1. The smallest absolute Gasteiger partial charge is 0.322 e. The lowest BCUT2D eigenvalue weighted by Gasteiger charge is -2.10. The van der Waals surface area contributed by atoms with Gasteiger partial charge in [0.1, 0.15) is 18.4 Å². The summed E-state index contributed by atoms with van der Waals surface area (Å²) >= 11 is 0. The highest BCUT2D eigenvalue weighted by Gasteiger charge is 2.14. The normalized spacial score (nSPS) is 12.2. The second kappa shape index (κ2) is 7.46. The number of hydrogen-bond acceptors (Lipinski definition) is 5. The summed E-state index contributed by atoms with van der Waals surface area (Å²) in [5.74, 6) is -0.412. The van der Waals surface area contributed by atoms with Crippen LogP contribution >= 0.6 is 0 Å². The molecule has 1 atom stereocenters. The van der Waals surface area contributed by atoms with Crippen LogP contribution in [0.4, 0.5) is 0 Å². The third kappa shape index (κ3) is 6.56. The topological polar surface area (TPSA) is 81.4 Å². The van der Waals surface area contributed by atoms with E-state index in [-0.39, 0.29) is 5.78 Å². The van der Waals surface area contributed by atoms with Crippen molar-refractivity contribution in [1.29, 1.82) is 0 Å². The largest absolute Gasteiger partial charge is 0.463 e. The monoisotopic (exact) mass is 202 g/mol.